The number of piperazine rings is 1. The van der Waals surface area contributed by atoms with Crippen molar-refractivity contribution in [3.8, 4) is 0 Å². The van der Waals surface area contributed by atoms with Crippen molar-refractivity contribution >= 4 is 27.3 Å². The number of rotatable bonds is 4. The second-order valence-electron chi connectivity index (χ2n) is 7.38. The van der Waals surface area contributed by atoms with Crippen molar-refractivity contribution in [2.45, 2.75) is 12.5 Å². The van der Waals surface area contributed by atoms with Crippen LogP contribution in [0.5, 0.6) is 0 Å². The Morgan fingerprint density at radius 3 is 2.46 bits per heavy atom. The topological polar surface area (TPSA) is 60.9 Å². The molecule has 0 radical (unpaired) electrons. The van der Waals surface area contributed by atoms with Crippen LogP contribution in [-0.4, -0.2) is 74.0 Å². The molecule has 1 aromatic carbocycles. The highest BCUT2D eigenvalue weighted by atomic mass is 32.2. The number of hydrogen-bond acceptors (Lipinski definition) is 5. The molecule has 2 aliphatic rings. The lowest BCUT2D eigenvalue weighted by atomic mass is 9.93. The van der Waals surface area contributed by atoms with Gasteiger partial charge in [-0.1, -0.05) is 30.3 Å². The van der Waals surface area contributed by atoms with Gasteiger partial charge in [0.15, 0.2) is 0 Å². The number of carbonyl (C=O) groups is 1. The number of hydrogen-bond donors (Lipinski definition) is 0. The Bertz CT molecular complexity index is 935. The van der Waals surface area contributed by atoms with Crippen LogP contribution < -0.4 is 0 Å². The second kappa shape index (κ2) is 7.94. The summed E-state index contributed by atoms with van der Waals surface area (Å²) in [4.78, 5) is 18.4. The van der Waals surface area contributed by atoms with Gasteiger partial charge in [0.1, 0.15) is 0 Å². The van der Waals surface area contributed by atoms with Crippen molar-refractivity contribution in [1.29, 1.82) is 0 Å². The number of amides is 1. The normalized spacial score (nSPS) is 21.5. The molecule has 8 heteroatoms. The molecule has 0 aliphatic carbocycles. The quantitative estimate of drug-likeness (QED) is 0.758. The smallest absolute Gasteiger partial charge is 0.236 e. The zero-order valence-electron chi connectivity index (χ0n) is 16.0. The Kier molecular flexibility index (Phi) is 5.55. The molecule has 1 unspecified atom stereocenters. The lowest BCUT2D eigenvalue weighted by Crippen LogP contribution is -2.53. The van der Waals surface area contributed by atoms with Gasteiger partial charge in [-0.05, 0) is 29.0 Å². The monoisotopic (exact) mass is 419 g/mol. The minimum absolute atomic E-state index is 0.0766. The van der Waals surface area contributed by atoms with Crippen LogP contribution in [-0.2, 0) is 21.2 Å². The van der Waals surface area contributed by atoms with E-state index in [4.69, 9.17) is 0 Å². The van der Waals surface area contributed by atoms with Crippen molar-refractivity contribution in [3.05, 3.63) is 57.8 Å². The molecule has 1 aromatic heterocycles. The van der Waals surface area contributed by atoms with Gasteiger partial charge in [-0.2, -0.15) is 4.31 Å². The molecule has 0 spiro atoms. The first-order valence-electron chi connectivity index (χ1n) is 9.51. The molecule has 6 nitrogen and oxygen atoms in total. The summed E-state index contributed by atoms with van der Waals surface area (Å²) in [5.41, 5.74) is 2.51. The fourth-order valence-corrected chi connectivity index (χ4v) is 5.84. The summed E-state index contributed by atoms with van der Waals surface area (Å²) in [5, 5.41) is 2.14. The third kappa shape index (κ3) is 4.00. The third-order valence-electron chi connectivity index (χ3n) is 5.58. The van der Waals surface area contributed by atoms with Gasteiger partial charge < -0.3 is 4.90 Å². The molecule has 1 amide bonds. The first-order chi connectivity index (χ1) is 13.4. The first kappa shape index (κ1) is 19.6. The molecule has 150 valence electrons. The van der Waals surface area contributed by atoms with Gasteiger partial charge in [0.05, 0.1) is 18.8 Å². The molecular formula is C20H25N3O3S2. The van der Waals surface area contributed by atoms with Gasteiger partial charge in [-0.15, -0.1) is 11.3 Å². The molecule has 28 heavy (non-hydrogen) atoms. The van der Waals surface area contributed by atoms with Crippen LogP contribution >= 0.6 is 11.3 Å². The van der Waals surface area contributed by atoms with E-state index in [0.717, 1.165) is 13.0 Å². The Morgan fingerprint density at radius 1 is 1.07 bits per heavy atom. The number of sulfonamides is 1. The predicted octanol–water partition coefficient (Wildman–Crippen LogP) is 1.80. The molecule has 1 atom stereocenters. The molecule has 2 aromatic rings. The lowest BCUT2D eigenvalue weighted by molar-refractivity contribution is -0.134. The number of thiophene rings is 1. The average Bonchev–Trinajstić information content (AvgIpc) is 3.16. The van der Waals surface area contributed by atoms with E-state index in [9.17, 15) is 13.2 Å². The van der Waals surface area contributed by atoms with E-state index in [1.54, 1.807) is 16.2 Å². The highest BCUT2D eigenvalue weighted by Crippen LogP contribution is 2.37. The van der Waals surface area contributed by atoms with Gasteiger partial charge >= 0.3 is 0 Å². The van der Waals surface area contributed by atoms with E-state index in [1.807, 2.05) is 18.2 Å². The van der Waals surface area contributed by atoms with Crippen LogP contribution in [0.4, 0.5) is 0 Å². The molecule has 1 saturated heterocycles. The standard InChI is InChI=1S/C20H25N3O3S2/c1-28(25,26)23-12-10-21(11-13-23)19(24)15-22-9-7-18-17(8-14-27-18)20(22)16-5-3-2-4-6-16/h2-6,8,14,20H,7,9-13,15H2,1H3. The maximum atomic E-state index is 13.0. The average molecular weight is 420 g/mol. The van der Waals surface area contributed by atoms with E-state index in [1.165, 1.54) is 26.6 Å². The Morgan fingerprint density at radius 2 is 1.79 bits per heavy atom. The fourth-order valence-electron chi connectivity index (χ4n) is 4.11. The van der Waals surface area contributed by atoms with Crippen LogP contribution in [0.15, 0.2) is 41.8 Å². The van der Waals surface area contributed by atoms with Gasteiger partial charge in [-0.25, -0.2) is 8.42 Å². The first-order valence-corrected chi connectivity index (χ1v) is 12.2. The van der Waals surface area contributed by atoms with Crippen molar-refractivity contribution in [1.82, 2.24) is 14.1 Å². The van der Waals surface area contributed by atoms with E-state index in [0.29, 0.717) is 32.7 Å². The summed E-state index contributed by atoms with van der Waals surface area (Å²) in [6, 6.07) is 12.6. The molecule has 0 N–H and O–H groups in total. The molecule has 0 saturated carbocycles. The minimum atomic E-state index is -3.19. The highest BCUT2D eigenvalue weighted by molar-refractivity contribution is 7.88. The van der Waals surface area contributed by atoms with Crippen molar-refractivity contribution in [2.75, 3.05) is 45.5 Å². The zero-order chi connectivity index (χ0) is 19.7. The van der Waals surface area contributed by atoms with E-state index < -0.39 is 10.0 Å². The van der Waals surface area contributed by atoms with Crippen molar-refractivity contribution in [3.63, 3.8) is 0 Å². The largest absolute Gasteiger partial charge is 0.339 e. The van der Waals surface area contributed by atoms with Crippen LogP contribution in [0.25, 0.3) is 0 Å². The predicted molar refractivity (Wildman–Crippen MR) is 111 cm³/mol. The van der Waals surface area contributed by atoms with E-state index in [2.05, 4.69) is 28.5 Å². The number of fused-ring (bicyclic) bond motifs is 1. The number of carbonyl (C=O) groups excluding carboxylic acids is 1. The zero-order valence-corrected chi connectivity index (χ0v) is 17.6. The fraction of sp³-hybridized carbons (Fsp3) is 0.450. The van der Waals surface area contributed by atoms with E-state index >= 15 is 0 Å². The van der Waals surface area contributed by atoms with Crippen molar-refractivity contribution in [2.24, 2.45) is 0 Å². The Hall–Kier alpha value is -1.74. The number of benzene rings is 1. The summed E-state index contributed by atoms with van der Waals surface area (Å²) in [6.07, 6.45) is 2.19. The highest BCUT2D eigenvalue weighted by Gasteiger charge is 2.33. The maximum absolute atomic E-state index is 13.0. The minimum Gasteiger partial charge on any atom is -0.339 e. The summed E-state index contributed by atoms with van der Waals surface area (Å²) in [6.45, 7) is 2.87. The Balaban J connectivity index is 1.49. The van der Waals surface area contributed by atoms with Crippen LogP contribution in [0, 0.1) is 0 Å². The summed E-state index contributed by atoms with van der Waals surface area (Å²) < 4.78 is 24.8. The van der Waals surface area contributed by atoms with Gasteiger partial charge in [0.2, 0.25) is 15.9 Å². The molecule has 2 aliphatic heterocycles. The summed E-state index contributed by atoms with van der Waals surface area (Å²) in [5.74, 6) is 0.0766. The molecular weight excluding hydrogens is 394 g/mol. The van der Waals surface area contributed by atoms with Crippen LogP contribution in [0.1, 0.15) is 22.0 Å². The third-order valence-corrected chi connectivity index (χ3v) is 7.88. The maximum Gasteiger partial charge on any atom is 0.236 e. The van der Waals surface area contributed by atoms with Gasteiger partial charge in [0, 0.05) is 37.6 Å². The van der Waals surface area contributed by atoms with E-state index in [-0.39, 0.29) is 11.9 Å². The molecule has 4 rings (SSSR count). The van der Waals surface area contributed by atoms with Crippen LogP contribution in [0.2, 0.25) is 0 Å². The number of nitrogens with zero attached hydrogens (tertiary/aromatic N) is 3. The Labute approximate surface area is 170 Å². The molecule has 3 heterocycles. The van der Waals surface area contributed by atoms with Crippen LogP contribution in [0.3, 0.4) is 0 Å². The van der Waals surface area contributed by atoms with Gasteiger partial charge in [-0.3, -0.25) is 9.69 Å². The lowest BCUT2D eigenvalue weighted by Gasteiger charge is -2.38. The van der Waals surface area contributed by atoms with Crippen molar-refractivity contribution < 1.29 is 13.2 Å². The molecule has 0 bridgehead atoms. The van der Waals surface area contributed by atoms with Gasteiger partial charge in [0.25, 0.3) is 0 Å². The summed E-state index contributed by atoms with van der Waals surface area (Å²) in [7, 11) is -3.19. The summed E-state index contributed by atoms with van der Waals surface area (Å²) >= 11 is 1.79. The molecule has 1 fully saturated rings. The SMILES string of the molecule is CS(=O)(=O)N1CCN(C(=O)CN2CCc3sccc3C2c2ccccc2)CC1. The second-order valence-corrected chi connectivity index (χ2v) is 10.4.